The van der Waals surface area contributed by atoms with Crippen molar-refractivity contribution in [3.63, 3.8) is 0 Å². The van der Waals surface area contributed by atoms with Gasteiger partial charge in [-0.05, 0) is 52.3 Å². The highest BCUT2D eigenvalue weighted by Gasteiger charge is 2.36. The van der Waals surface area contributed by atoms with Gasteiger partial charge in [-0.1, -0.05) is 42.5 Å². The number of rotatable bonds is 3. The van der Waals surface area contributed by atoms with E-state index < -0.39 is 0 Å². The maximum atomic E-state index is 12.8. The van der Waals surface area contributed by atoms with Gasteiger partial charge in [0, 0.05) is 54.3 Å². The molecule has 0 amide bonds. The molecule has 2 aromatic carbocycles. The fourth-order valence-corrected chi connectivity index (χ4v) is 6.21. The molecule has 6 rings (SSSR count). The Hall–Kier alpha value is -2.69. The van der Waals surface area contributed by atoms with Gasteiger partial charge in [0.05, 0.1) is 0 Å². The highest BCUT2D eigenvalue weighted by Crippen LogP contribution is 2.40. The number of thiophene rings is 1. The second-order valence-corrected chi connectivity index (χ2v) is 9.75. The quantitative estimate of drug-likeness (QED) is 0.453. The molecule has 2 aliphatic heterocycles. The van der Waals surface area contributed by atoms with E-state index in [1.807, 2.05) is 11.3 Å². The van der Waals surface area contributed by atoms with Crippen LogP contribution >= 0.6 is 11.3 Å². The van der Waals surface area contributed by atoms with Crippen LogP contribution in [0, 0.1) is 5.92 Å². The molecule has 4 heterocycles. The fourth-order valence-electron chi connectivity index (χ4n) is 5.47. The lowest BCUT2D eigenvalue weighted by molar-refractivity contribution is 0.115. The summed E-state index contributed by atoms with van der Waals surface area (Å²) in [6.45, 7) is 3.97. The summed E-state index contributed by atoms with van der Waals surface area (Å²) in [6, 6.07) is 23.3. The van der Waals surface area contributed by atoms with Gasteiger partial charge >= 0.3 is 0 Å². The van der Waals surface area contributed by atoms with E-state index in [9.17, 15) is 4.79 Å². The van der Waals surface area contributed by atoms with E-state index in [-0.39, 0.29) is 5.56 Å². The Kier molecular flexibility index (Phi) is 4.36. The average Bonchev–Trinajstić information content (AvgIpc) is 3.27. The van der Waals surface area contributed by atoms with Crippen molar-refractivity contribution >= 4 is 22.1 Å². The van der Waals surface area contributed by atoms with Crippen LogP contribution in [0.2, 0.25) is 0 Å². The molecule has 2 atom stereocenters. The van der Waals surface area contributed by atoms with E-state index in [1.54, 1.807) is 6.07 Å². The third-order valence-corrected chi connectivity index (χ3v) is 7.55. The van der Waals surface area contributed by atoms with E-state index in [1.165, 1.54) is 38.9 Å². The Balaban J connectivity index is 1.42. The maximum Gasteiger partial charge on any atom is 0.250 e. The first-order valence-electron chi connectivity index (χ1n) is 10.7. The molecule has 2 aromatic heterocycles. The molecule has 1 saturated heterocycles. The van der Waals surface area contributed by atoms with Crippen molar-refractivity contribution < 1.29 is 0 Å². The van der Waals surface area contributed by atoms with Gasteiger partial charge < -0.3 is 4.57 Å². The SMILES string of the molecule is O=c1ccc(-c2ccc3ccccc3c2)c2n1C[C@H]1C[C@@H]2CN(Cc2cccs2)C1. The van der Waals surface area contributed by atoms with Crippen molar-refractivity contribution in [3.8, 4) is 11.1 Å². The number of hydrogen-bond donors (Lipinski definition) is 0. The van der Waals surface area contributed by atoms with Crippen LogP contribution in [0.4, 0.5) is 0 Å². The first-order valence-corrected chi connectivity index (χ1v) is 11.6. The Morgan fingerprint density at radius 1 is 0.900 bits per heavy atom. The average molecular weight is 413 g/mol. The molecule has 0 N–H and O–H groups in total. The van der Waals surface area contributed by atoms with Crippen molar-refractivity contribution in [2.45, 2.75) is 25.4 Å². The van der Waals surface area contributed by atoms with E-state index in [0.717, 1.165) is 26.2 Å². The topological polar surface area (TPSA) is 25.2 Å². The summed E-state index contributed by atoms with van der Waals surface area (Å²) in [7, 11) is 0. The number of aromatic nitrogens is 1. The van der Waals surface area contributed by atoms with Gasteiger partial charge in [-0.25, -0.2) is 0 Å². The number of fused-ring (bicyclic) bond motifs is 5. The Labute approximate surface area is 180 Å². The van der Waals surface area contributed by atoms with Crippen LogP contribution in [0.15, 0.2) is 76.9 Å². The summed E-state index contributed by atoms with van der Waals surface area (Å²) >= 11 is 1.84. The van der Waals surface area contributed by atoms with Crippen LogP contribution < -0.4 is 5.56 Å². The first-order chi connectivity index (χ1) is 14.7. The molecule has 0 unspecified atom stereocenters. The zero-order chi connectivity index (χ0) is 20.1. The number of benzene rings is 2. The van der Waals surface area contributed by atoms with Gasteiger partial charge in [-0.15, -0.1) is 11.3 Å². The van der Waals surface area contributed by atoms with Gasteiger partial charge in [0.25, 0.3) is 5.56 Å². The molecule has 150 valence electrons. The second-order valence-electron chi connectivity index (χ2n) is 8.72. The summed E-state index contributed by atoms with van der Waals surface area (Å²) in [5, 5.41) is 4.66. The van der Waals surface area contributed by atoms with Crippen LogP contribution in [-0.4, -0.2) is 22.6 Å². The smallest absolute Gasteiger partial charge is 0.250 e. The third-order valence-electron chi connectivity index (χ3n) is 6.69. The second kappa shape index (κ2) is 7.22. The Morgan fingerprint density at radius 2 is 1.80 bits per heavy atom. The minimum absolute atomic E-state index is 0.149. The number of pyridine rings is 1. The molecule has 0 spiro atoms. The standard InChI is InChI=1S/C26H24N2OS/c29-25-10-9-24(21-8-7-19-4-1-2-5-20(19)13-21)26-22-12-18(15-28(25)26)14-27(16-22)17-23-6-3-11-30-23/h1-11,13,18,22H,12,14-17H2/t18-,22+/m0/s1. The van der Waals surface area contributed by atoms with Crippen molar-refractivity contribution in [3.05, 3.63) is 93.0 Å². The van der Waals surface area contributed by atoms with Crippen LogP contribution in [0.1, 0.15) is 22.9 Å². The molecule has 30 heavy (non-hydrogen) atoms. The highest BCUT2D eigenvalue weighted by atomic mass is 32.1. The lowest BCUT2D eigenvalue weighted by Gasteiger charge is -2.43. The summed E-state index contributed by atoms with van der Waals surface area (Å²) in [5.41, 5.74) is 3.83. The minimum Gasteiger partial charge on any atom is -0.311 e. The normalized spacial score (nSPS) is 20.9. The van der Waals surface area contributed by atoms with Gasteiger partial charge in [-0.3, -0.25) is 9.69 Å². The van der Waals surface area contributed by atoms with E-state index in [0.29, 0.717) is 11.8 Å². The molecule has 2 bridgehead atoms. The number of hydrogen-bond acceptors (Lipinski definition) is 3. The van der Waals surface area contributed by atoms with Crippen molar-refractivity contribution in [1.82, 2.24) is 9.47 Å². The van der Waals surface area contributed by atoms with Crippen LogP contribution in [0.5, 0.6) is 0 Å². The van der Waals surface area contributed by atoms with E-state index >= 15 is 0 Å². The van der Waals surface area contributed by atoms with Crippen molar-refractivity contribution in [2.75, 3.05) is 13.1 Å². The van der Waals surface area contributed by atoms with Crippen LogP contribution in [-0.2, 0) is 13.1 Å². The van der Waals surface area contributed by atoms with Gasteiger partial charge in [0.15, 0.2) is 0 Å². The van der Waals surface area contributed by atoms with Crippen molar-refractivity contribution in [2.24, 2.45) is 5.92 Å². The summed E-state index contributed by atoms with van der Waals surface area (Å²) < 4.78 is 2.08. The fraction of sp³-hybridized carbons (Fsp3) is 0.269. The molecule has 1 fully saturated rings. The minimum atomic E-state index is 0.149. The third kappa shape index (κ3) is 3.11. The molecule has 0 saturated carbocycles. The Morgan fingerprint density at radius 3 is 2.67 bits per heavy atom. The predicted molar refractivity (Wildman–Crippen MR) is 124 cm³/mol. The molecule has 0 aliphatic carbocycles. The number of piperidine rings is 1. The molecule has 4 aromatic rings. The molecular weight excluding hydrogens is 388 g/mol. The van der Waals surface area contributed by atoms with Gasteiger partial charge in [-0.2, -0.15) is 0 Å². The molecule has 2 aliphatic rings. The first kappa shape index (κ1) is 18.1. The lowest BCUT2D eigenvalue weighted by Crippen LogP contribution is -2.46. The molecule has 0 radical (unpaired) electrons. The largest absolute Gasteiger partial charge is 0.311 e. The molecule has 4 heteroatoms. The highest BCUT2D eigenvalue weighted by molar-refractivity contribution is 7.09. The predicted octanol–water partition coefficient (Wildman–Crippen LogP) is 5.35. The lowest BCUT2D eigenvalue weighted by atomic mass is 9.80. The maximum absolute atomic E-state index is 12.8. The van der Waals surface area contributed by atoms with Gasteiger partial charge in [0.2, 0.25) is 0 Å². The summed E-state index contributed by atoms with van der Waals surface area (Å²) in [6.07, 6.45) is 1.19. The zero-order valence-electron chi connectivity index (χ0n) is 16.8. The number of likely N-dealkylation sites (tertiary alicyclic amines) is 1. The molecular formula is C26H24N2OS. The zero-order valence-corrected chi connectivity index (χ0v) is 17.6. The van der Waals surface area contributed by atoms with E-state index in [2.05, 4.69) is 75.5 Å². The summed E-state index contributed by atoms with van der Waals surface area (Å²) in [5.74, 6) is 0.966. The van der Waals surface area contributed by atoms with Crippen LogP contribution in [0.25, 0.3) is 21.9 Å². The molecule has 3 nitrogen and oxygen atoms in total. The van der Waals surface area contributed by atoms with Crippen molar-refractivity contribution in [1.29, 1.82) is 0 Å². The van der Waals surface area contributed by atoms with E-state index in [4.69, 9.17) is 0 Å². The summed E-state index contributed by atoms with van der Waals surface area (Å²) in [4.78, 5) is 16.8. The monoisotopic (exact) mass is 412 g/mol. The van der Waals surface area contributed by atoms with Gasteiger partial charge in [0.1, 0.15) is 0 Å². The number of nitrogens with zero attached hydrogens (tertiary/aromatic N) is 2. The Bertz CT molecular complexity index is 1270. The van der Waals surface area contributed by atoms with Crippen LogP contribution in [0.3, 0.4) is 0 Å².